The Kier molecular flexibility index (Phi) is 3.83. The summed E-state index contributed by atoms with van der Waals surface area (Å²) < 4.78 is 4.55. The van der Waals surface area contributed by atoms with E-state index in [-0.39, 0.29) is 5.97 Å². The molecule has 0 heterocycles. The third-order valence-corrected chi connectivity index (χ3v) is 3.03. The summed E-state index contributed by atoms with van der Waals surface area (Å²) in [6.07, 6.45) is 0. The van der Waals surface area contributed by atoms with Crippen LogP contribution in [0.3, 0.4) is 0 Å². The van der Waals surface area contributed by atoms with Crippen molar-refractivity contribution >= 4 is 23.4 Å². The van der Waals surface area contributed by atoms with Crippen LogP contribution in [0.1, 0.15) is 5.56 Å². The summed E-state index contributed by atoms with van der Waals surface area (Å²) in [7, 11) is 1.38. The van der Waals surface area contributed by atoms with Gasteiger partial charge in [-0.3, -0.25) is 4.79 Å². The van der Waals surface area contributed by atoms with Gasteiger partial charge in [-0.25, -0.2) is 0 Å². The van der Waals surface area contributed by atoms with Crippen molar-refractivity contribution in [2.24, 2.45) is 0 Å². The number of thioether (sulfide) groups is 1. The Bertz CT molecular complexity index is 319. The third kappa shape index (κ3) is 2.67. The molecule has 0 aromatic heterocycles. The fraction of sp³-hybridized carbons (Fsp3) is 0.300. The lowest BCUT2D eigenvalue weighted by Crippen LogP contribution is -2.04. The summed E-state index contributed by atoms with van der Waals surface area (Å²) in [4.78, 5) is 11.9. The molecule has 2 N–H and O–H groups in total. The minimum atomic E-state index is -0.238. The number of hydrogen-bond acceptors (Lipinski definition) is 4. The Hall–Kier alpha value is -1.16. The topological polar surface area (TPSA) is 52.3 Å². The van der Waals surface area contributed by atoms with Crippen molar-refractivity contribution in [3.8, 4) is 0 Å². The van der Waals surface area contributed by atoms with Gasteiger partial charge in [-0.2, -0.15) is 0 Å². The first-order chi connectivity index (χ1) is 6.65. The maximum atomic E-state index is 10.9. The van der Waals surface area contributed by atoms with Gasteiger partial charge in [0.05, 0.1) is 12.9 Å². The Morgan fingerprint density at radius 1 is 1.57 bits per heavy atom. The van der Waals surface area contributed by atoms with Crippen LogP contribution in [0, 0.1) is 6.92 Å². The zero-order valence-corrected chi connectivity index (χ0v) is 9.06. The minimum Gasteiger partial charge on any atom is -0.468 e. The van der Waals surface area contributed by atoms with Crippen LogP contribution in [0.5, 0.6) is 0 Å². The van der Waals surface area contributed by atoms with Crippen LogP contribution in [0.4, 0.5) is 5.69 Å². The molecule has 0 aliphatic rings. The van der Waals surface area contributed by atoms with Gasteiger partial charge in [0.15, 0.2) is 0 Å². The molecule has 1 aromatic carbocycles. The first-order valence-corrected chi connectivity index (χ1v) is 5.18. The van der Waals surface area contributed by atoms with E-state index in [0.29, 0.717) is 11.4 Å². The van der Waals surface area contributed by atoms with Gasteiger partial charge in [0.25, 0.3) is 0 Å². The quantitative estimate of drug-likeness (QED) is 0.471. The number of carbonyl (C=O) groups excluding carboxylic acids is 1. The molecule has 0 saturated carbocycles. The van der Waals surface area contributed by atoms with Gasteiger partial charge in [-0.05, 0) is 18.6 Å². The number of methoxy groups -OCH3 is 1. The number of nitrogen functional groups attached to an aromatic ring is 1. The Balaban J connectivity index is 2.71. The van der Waals surface area contributed by atoms with Crippen LogP contribution in [-0.4, -0.2) is 18.8 Å². The summed E-state index contributed by atoms with van der Waals surface area (Å²) in [6.45, 7) is 1.97. The molecule has 0 radical (unpaired) electrons. The summed E-state index contributed by atoms with van der Waals surface area (Å²) in [5.74, 6) is 0.0589. The number of esters is 1. The summed E-state index contributed by atoms with van der Waals surface area (Å²) >= 11 is 1.41. The second-order valence-corrected chi connectivity index (χ2v) is 3.84. The molecule has 0 spiro atoms. The van der Waals surface area contributed by atoms with Crippen LogP contribution in [0.15, 0.2) is 23.1 Å². The van der Waals surface area contributed by atoms with Crippen molar-refractivity contribution in [3.63, 3.8) is 0 Å². The fourth-order valence-electron chi connectivity index (χ4n) is 1.06. The van der Waals surface area contributed by atoms with Crippen molar-refractivity contribution in [2.75, 3.05) is 18.6 Å². The molecular weight excluding hydrogens is 198 g/mol. The van der Waals surface area contributed by atoms with Gasteiger partial charge in [0.2, 0.25) is 0 Å². The number of nitrogens with two attached hydrogens (primary N) is 1. The normalized spacial score (nSPS) is 9.86. The van der Waals surface area contributed by atoms with Crippen LogP contribution < -0.4 is 5.73 Å². The number of benzene rings is 1. The zero-order valence-electron chi connectivity index (χ0n) is 8.24. The van der Waals surface area contributed by atoms with Gasteiger partial charge in [0.1, 0.15) is 0 Å². The number of anilines is 1. The summed E-state index contributed by atoms with van der Waals surface area (Å²) in [5, 5.41) is 0. The highest BCUT2D eigenvalue weighted by Crippen LogP contribution is 2.28. The lowest BCUT2D eigenvalue weighted by atomic mass is 10.2. The lowest BCUT2D eigenvalue weighted by Gasteiger charge is -2.07. The highest BCUT2D eigenvalue weighted by atomic mass is 32.2. The van der Waals surface area contributed by atoms with Crippen molar-refractivity contribution in [3.05, 3.63) is 23.8 Å². The van der Waals surface area contributed by atoms with Crippen molar-refractivity contribution in [1.29, 1.82) is 0 Å². The average molecular weight is 211 g/mol. The van der Waals surface area contributed by atoms with E-state index in [4.69, 9.17) is 5.73 Å². The van der Waals surface area contributed by atoms with Crippen LogP contribution in [0.25, 0.3) is 0 Å². The second kappa shape index (κ2) is 4.91. The summed E-state index contributed by atoms with van der Waals surface area (Å²) in [6, 6.07) is 5.69. The predicted octanol–water partition coefficient (Wildman–Crippen LogP) is 1.84. The molecule has 0 atom stereocenters. The van der Waals surface area contributed by atoms with E-state index in [1.165, 1.54) is 18.9 Å². The van der Waals surface area contributed by atoms with Crippen LogP contribution in [-0.2, 0) is 9.53 Å². The Morgan fingerprint density at radius 3 is 2.86 bits per heavy atom. The van der Waals surface area contributed by atoms with Gasteiger partial charge in [-0.1, -0.05) is 12.1 Å². The average Bonchev–Trinajstić information content (AvgIpc) is 2.16. The first-order valence-electron chi connectivity index (χ1n) is 4.20. The molecule has 0 aliphatic heterocycles. The van der Waals surface area contributed by atoms with Crippen molar-refractivity contribution < 1.29 is 9.53 Å². The largest absolute Gasteiger partial charge is 0.468 e. The number of carbonyl (C=O) groups is 1. The van der Waals surface area contributed by atoms with Gasteiger partial charge >= 0.3 is 5.97 Å². The molecule has 1 rings (SSSR count). The molecule has 0 amide bonds. The highest BCUT2D eigenvalue weighted by Gasteiger charge is 2.06. The minimum absolute atomic E-state index is 0.238. The first kappa shape index (κ1) is 10.9. The monoisotopic (exact) mass is 211 g/mol. The number of aryl methyl sites for hydroxylation is 1. The van der Waals surface area contributed by atoms with E-state index in [0.717, 1.165) is 10.5 Å². The van der Waals surface area contributed by atoms with Crippen LogP contribution >= 0.6 is 11.8 Å². The molecule has 0 unspecified atom stereocenters. The van der Waals surface area contributed by atoms with Crippen molar-refractivity contribution in [2.45, 2.75) is 11.8 Å². The number of hydrogen-bond donors (Lipinski definition) is 1. The van der Waals surface area contributed by atoms with Crippen molar-refractivity contribution in [1.82, 2.24) is 0 Å². The SMILES string of the molecule is COC(=O)CSc1c(C)cccc1N. The molecule has 4 heteroatoms. The molecule has 3 nitrogen and oxygen atoms in total. The van der Waals surface area contributed by atoms with E-state index >= 15 is 0 Å². The Labute approximate surface area is 87.6 Å². The smallest absolute Gasteiger partial charge is 0.315 e. The molecule has 1 aromatic rings. The lowest BCUT2D eigenvalue weighted by molar-refractivity contribution is -0.137. The maximum Gasteiger partial charge on any atom is 0.315 e. The zero-order chi connectivity index (χ0) is 10.6. The molecule has 0 saturated heterocycles. The maximum absolute atomic E-state index is 10.9. The molecule has 76 valence electrons. The van der Waals surface area contributed by atoms with Gasteiger partial charge in [0, 0.05) is 10.6 Å². The van der Waals surface area contributed by atoms with E-state index in [1.54, 1.807) is 0 Å². The molecule has 14 heavy (non-hydrogen) atoms. The standard InChI is InChI=1S/C10H13NO2S/c1-7-4-3-5-8(11)10(7)14-6-9(12)13-2/h3-5H,6,11H2,1-2H3. The Morgan fingerprint density at radius 2 is 2.29 bits per heavy atom. The molecule has 0 aliphatic carbocycles. The van der Waals surface area contributed by atoms with E-state index in [2.05, 4.69) is 4.74 Å². The van der Waals surface area contributed by atoms with Gasteiger partial charge in [-0.15, -0.1) is 11.8 Å². The fourth-order valence-corrected chi connectivity index (χ4v) is 1.97. The highest BCUT2D eigenvalue weighted by molar-refractivity contribution is 8.00. The van der Waals surface area contributed by atoms with E-state index in [1.807, 2.05) is 25.1 Å². The molecule has 0 bridgehead atoms. The van der Waals surface area contributed by atoms with Crippen LogP contribution in [0.2, 0.25) is 0 Å². The number of rotatable bonds is 3. The summed E-state index contributed by atoms with van der Waals surface area (Å²) in [5.41, 5.74) is 7.57. The molecule has 0 fully saturated rings. The van der Waals surface area contributed by atoms with Gasteiger partial charge < -0.3 is 10.5 Å². The third-order valence-electron chi connectivity index (χ3n) is 1.80. The molecular formula is C10H13NO2S. The number of ether oxygens (including phenoxy) is 1. The van der Waals surface area contributed by atoms with E-state index in [9.17, 15) is 4.79 Å². The second-order valence-electron chi connectivity index (χ2n) is 2.86. The van der Waals surface area contributed by atoms with E-state index < -0.39 is 0 Å². The predicted molar refractivity (Wildman–Crippen MR) is 58.3 cm³/mol.